The summed E-state index contributed by atoms with van der Waals surface area (Å²) in [5.41, 5.74) is 3.92. The molecule has 0 saturated carbocycles. The van der Waals surface area contributed by atoms with Gasteiger partial charge >= 0.3 is 18.1 Å². The minimum atomic E-state index is -5.08. The van der Waals surface area contributed by atoms with E-state index in [9.17, 15) is 27.6 Å². The van der Waals surface area contributed by atoms with Gasteiger partial charge in [-0.25, -0.2) is 9.59 Å². The molecule has 0 fully saturated rings. The number of carbonyl (C=O) groups is 4. The monoisotopic (exact) mass is 511 g/mol. The Morgan fingerprint density at radius 1 is 1.14 bits per heavy atom. The fourth-order valence-electron chi connectivity index (χ4n) is 2.46. The smallest absolute Gasteiger partial charge is 0.475 e. The first kappa shape index (κ1) is 29.6. The lowest BCUT2D eigenvalue weighted by Crippen LogP contribution is -2.41. The molecule has 0 saturated heterocycles. The fraction of sp³-hybridized carbons (Fsp3) is 0.261. The number of carboxylic acids is 1. The number of halogens is 3. The van der Waals surface area contributed by atoms with Gasteiger partial charge in [-0.15, -0.1) is 0 Å². The summed E-state index contributed by atoms with van der Waals surface area (Å²) < 4.78 is 37.3. The molecule has 2 rings (SSSR count). The SMILES string of the molecule is CCCC(=O)C(Oc1cccc(C)c1)C(=O)ONC(=O)c1ccc(C=NN)cc1.O=C(O)C(F)(F)F. The summed E-state index contributed by atoms with van der Waals surface area (Å²) in [6, 6.07) is 13.2. The second-order valence-electron chi connectivity index (χ2n) is 7.09. The molecule has 1 unspecified atom stereocenters. The number of nitrogens with zero attached hydrogens (tertiary/aromatic N) is 1. The number of aliphatic carboxylic acids is 1. The van der Waals surface area contributed by atoms with E-state index in [1.54, 1.807) is 30.3 Å². The number of carboxylic acid groups (broad SMARTS) is 1. The lowest BCUT2D eigenvalue weighted by atomic mass is 10.1. The number of nitrogens with one attached hydrogen (secondary N) is 1. The summed E-state index contributed by atoms with van der Waals surface area (Å²) >= 11 is 0. The molecule has 4 N–H and O–H groups in total. The molecule has 1 amide bonds. The highest BCUT2D eigenvalue weighted by molar-refractivity contribution is 6.03. The van der Waals surface area contributed by atoms with E-state index in [0.717, 1.165) is 5.56 Å². The standard InChI is InChI=1S/C21H23N3O5.C2HF3O2/c1-3-5-18(25)19(28-17-7-4-6-14(2)12-17)21(27)29-24-20(26)16-10-8-15(9-11-16)13-23-22;3-2(4,5)1(6)7/h4,6-13,19H,3,5,22H2,1-2H3,(H,24,26);(H,6,7). The molecule has 36 heavy (non-hydrogen) atoms. The van der Waals surface area contributed by atoms with Crippen molar-refractivity contribution in [2.45, 2.75) is 39.0 Å². The number of hydrazone groups is 1. The van der Waals surface area contributed by atoms with Crippen molar-refractivity contribution in [1.29, 1.82) is 0 Å². The first-order valence-corrected chi connectivity index (χ1v) is 10.3. The van der Waals surface area contributed by atoms with Crippen LogP contribution in [0.5, 0.6) is 5.75 Å². The maximum Gasteiger partial charge on any atom is 0.490 e. The van der Waals surface area contributed by atoms with Gasteiger partial charge in [0.1, 0.15) is 5.75 Å². The van der Waals surface area contributed by atoms with Gasteiger partial charge in [-0.2, -0.15) is 23.8 Å². The van der Waals surface area contributed by atoms with Gasteiger partial charge in [0.05, 0.1) is 6.21 Å². The average Bonchev–Trinajstić information content (AvgIpc) is 2.81. The molecule has 0 radical (unpaired) electrons. The molecule has 194 valence electrons. The van der Waals surface area contributed by atoms with Crippen molar-refractivity contribution in [1.82, 2.24) is 5.48 Å². The van der Waals surface area contributed by atoms with Crippen LogP contribution in [0.3, 0.4) is 0 Å². The molecule has 1 atom stereocenters. The number of hydroxylamine groups is 1. The number of aryl methyl sites for hydroxylation is 1. The first-order valence-electron chi connectivity index (χ1n) is 10.3. The summed E-state index contributed by atoms with van der Waals surface area (Å²) in [7, 11) is 0. The molecule has 0 aliphatic heterocycles. The highest BCUT2D eigenvalue weighted by atomic mass is 19.4. The van der Waals surface area contributed by atoms with Crippen LogP contribution >= 0.6 is 0 Å². The van der Waals surface area contributed by atoms with Gasteiger partial charge in [-0.1, -0.05) is 31.2 Å². The lowest BCUT2D eigenvalue weighted by Gasteiger charge is -2.17. The van der Waals surface area contributed by atoms with E-state index in [1.807, 2.05) is 25.4 Å². The summed E-state index contributed by atoms with van der Waals surface area (Å²) in [5, 5.41) is 10.5. The van der Waals surface area contributed by atoms with Gasteiger partial charge in [-0.3, -0.25) is 9.59 Å². The van der Waals surface area contributed by atoms with E-state index in [2.05, 4.69) is 5.10 Å². The number of ether oxygens (including phenoxy) is 1. The summed E-state index contributed by atoms with van der Waals surface area (Å²) in [4.78, 5) is 50.6. The minimum absolute atomic E-state index is 0.143. The van der Waals surface area contributed by atoms with Crippen molar-refractivity contribution in [3.05, 3.63) is 65.2 Å². The third kappa shape index (κ3) is 10.2. The van der Waals surface area contributed by atoms with Gasteiger partial charge in [0.25, 0.3) is 12.0 Å². The molecule has 2 aromatic carbocycles. The van der Waals surface area contributed by atoms with Crippen LogP contribution in [-0.2, 0) is 19.2 Å². The molecule has 0 heterocycles. The number of nitrogens with two attached hydrogens (primary N) is 1. The molecule has 0 aliphatic carbocycles. The van der Waals surface area contributed by atoms with E-state index in [1.165, 1.54) is 18.3 Å². The van der Waals surface area contributed by atoms with Crippen LogP contribution < -0.4 is 16.1 Å². The van der Waals surface area contributed by atoms with E-state index in [0.29, 0.717) is 17.7 Å². The number of Topliss-reactive ketones (excluding diaryl/α,β-unsaturated/α-hetero) is 1. The van der Waals surface area contributed by atoms with Crippen LogP contribution in [0.4, 0.5) is 13.2 Å². The van der Waals surface area contributed by atoms with Crippen molar-refractivity contribution < 1.29 is 47.0 Å². The normalized spacial score (nSPS) is 11.6. The Bertz CT molecular complexity index is 1090. The fourth-order valence-corrected chi connectivity index (χ4v) is 2.46. The Hall–Kier alpha value is -4.42. The molecule has 0 spiro atoms. The van der Waals surface area contributed by atoms with Crippen molar-refractivity contribution in [2.75, 3.05) is 0 Å². The number of carbonyl (C=O) groups excluding carboxylic acids is 3. The Morgan fingerprint density at radius 2 is 1.75 bits per heavy atom. The third-order valence-corrected chi connectivity index (χ3v) is 4.13. The zero-order valence-corrected chi connectivity index (χ0v) is 19.2. The predicted octanol–water partition coefficient (Wildman–Crippen LogP) is 2.93. The van der Waals surface area contributed by atoms with E-state index in [4.69, 9.17) is 25.3 Å². The quantitative estimate of drug-likeness (QED) is 0.211. The zero-order chi connectivity index (χ0) is 27.3. The van der Waals surface area contributed by atoms with Crippen LogP contribution in [0.25, 0.3) is 0 Å². The molecular formula is C23H24F3N3O7. The lowest BCUT2D eigenvalue weighted by molar-refractivity contribution is -0.192. The van der Waals surface area contributed by atoms with Crippen LogP contribution in [0.15, 0.2) is 53.6 Å². The van der Waals surface area contributed by atoms with E-state index >= 15 is 0 Å². The van der Waals surface area contributed by atoms with Crippen LogP contribution in [-0.4, -0.2) is 47.2 Å². The topological polar surface area (TPSA) is 157 Å². The molecule has 10 nitrogen and oxygen atoms in total. The number of rotatable bonds is 8. The molecule has 0 bridgehead atoms. The highest BCUT2D eigenvalue weighted by Gasteiger charge is 2.38. The van der Waals surface area contributed by atoms with Crippen molar-refractivity contribution in [3.8, 4) is 5.75 Å². The zero-order valence-electron chi connectivity index (χ0n) is 19.2. The Balaban J connectivity index is 0.000000809. The second-order valence-corrected chi connectivity index (χ2v) is 7.09. The van der Waals surface area contributed by atoms with Crippen molar-refractivity contribution in [2.24, 2.45) is 10.9 Å². The highest BCUT2D eigenvalue weighted by Crippen LogP contribution is 2.16. The van der Waals surface area contributed by atoms with Gasteiger partial charge in [0.2, 0.25) is 0 Å². The Morgan fingerprint density at radius 3 is 2.25 bits per heavy atom. The van der Waals surface area contributed by atoms with Crippen LogP contribution in [0.2, 0.25) is 0 Å². The summed E-state index contributed by atoms with van der Waals surface area (Å²) in [6.45, 7) is 3.67. The van der Waals surface area contributed by atoms with Gasteiger partial charge in [0.15, 0.2) is 5.78 Å². The maximum atomic E-state index is 12.4. The molecule has 0 aromatic heterocycles. The molecule has 2 aromatic rings. The number of amides is 1. The predicted molar refractivity (Wildman–Crippen MR) is 121 cm³/mol. The maximum absolute atomic E-state index is 12.4. The number of benzene rings is 2. The number of alkyl halides is 3. The largest absolute Gasteiger partial charge is 0.490 e. The average molecular weight is 511 g/mol. The van der Waals surface area contributed by atoms with Crippen LogP contribution in [0.1, 0.15) is 41.3 Å². The van der Waals surface area contributed by atoms with Gasteiger partial charge < -0.3 is 20.5 Å². The molecular weight excluding hydrogens is 487 g/mol. The van der Waals surface area contributed by atoms with E-state index in [-0.39, 0.29) is 12.0 Å². The van der Waals surface area contributed by atoms with Crippen LogP contribution in [0, 0.1) is 6.92 Å². The first-order chi connectivity index (χ1) is 16.9. The minimum Gasteiger partial charge on any atom is -0.475 e. The van der Waals surface area contributed by atoms with E-state index < -0.39 is 35.9 Å². The van der Waals surface area contributed by atoms with Crippen molar-refractivity contribution >= 4 is 29.8 Å². The summed E-state index contributed by atoms with van der Waals surface area (Å²) in [6.07, 6.45) is -4.44. The second kappa shape index (κ2) is 14.1. The molecule has 13 heteroatoms. The van der Waals surface area contributed by atoms with Gasteiger partial charge in [0, 0.05) is 12.0 Å². The number of hydrogen-bond donors (Lipinski definition) is 3. The Kier molecular flexibility index (Phi) is 11.6. The number of hydrogen-bond acceptors (Lipinski definition) is 8. The summed E-state index contributed by atoms with van der Waals surface area (Å²) in [5.74, 6) is 0.601. The van der Waals surface area contributed by atoms with Crippen molar-refractivity contribution in [3.63, 3.8) is 0 Å². The molecule has 0 aliphatic rings. The third-order valence-electron chi connectivity index (χ3n) is 4.13. The number of ketones is 1. The van der Waals surface area contributed by atoms with Gasteiger partial charge in [-0.05, 0) is 48.7 Å². The Labute approximate surface area is 203 Å².